The molecule has 0 radical (unpaired) electrons. The Labute approximate surface area is 183 Å². The molecule has 1 amide bonds. The number of nitrogens with zero attached hydrogens (tertiary/aromatic N) is 2. The molecule has 2 heterocycles. The zero-order chi connectivity index (χ0) is 21.8. The number of amides is 1. The van der Waals surface area contributed by atoms with Gasteiger partial charge in [0.25, 0.3) is 5.91 Å². The van der Waals surface area contributed by atoms with E-state index in [0.717, 1.165) is 42.4 Å². The molecule has 166 valence electrons. The lowest BCUT2D eigenvalue weighted by atomic mass is 10.1. The maximum absolute atomic E-state index is 13.1. The van der Waals surface area contributed by atoms with Crippen molar-refractivity contribution >= 4 is 5.91 Å². The SMILES string of the molecule is COc1ccc(C(=O)N2CCN(Cc3ccc4c(c3)OCO4)CC2)cc1COC(C)C. The highest BCUT2D eigenvalue weighted by Crippen LogP contribution is 2.33. The van der Waals surface area contributed by atoms with Gasteiger partial charge in [-0.2, -0.15) is 0 Å². The molecular weight excluding hydrogens is 396 g/mol. The van der Waals surface area contributed by atoms with Crippen LogP contribution in [0.3, 0.4) is 0 Å². The van der Waals surface area contributed by atoms with Crippen LogP contribution in [0.4, 0.5) is 0 Å². The molecule has 2 aromatic rings. The van der Waals surface area contributed by atoms with Crippen LogP contribution < -0.4 is 14.2 Å². The molecule has 0 aliphatic carbocycles. The molecule has 1 saturated heterocycles. The lowest BCUT2D eigenvalue weighted by Crippen LogP contribution is -2.48. The lowest BCUT2D eigenvalue weighted by Gasteiger charge is -2.35. The van der Waals surface area contributed by atoms with E-state index in [4.69, 9.17) is 18.9 Å². The molecule has 2 aliphatic heterocycles. The summed E-state index contributed by atoms with van der Waals surface area (Å²) in [5.41, 5.74) is 2.75. The first-order valence-electron chi connectivity index (χ1n) is 10.7. The molecule has 0 bridgehead atoms. The summed E-state index contributed by atoms with van der Waals surface area (Å²) in [5, 5.41) is 0. The second-order valence-electron chi connectivity index (χ2n) is 8.14. The topological polar surface area (TPSA) is 60.5 Å². The van der Waals surface area contributed by atoms with E-state index in [0.29, 0.717) is 25.3 Å². The number of carbonyl (C=O) groups excluding carboxylic acids is 1. The average Bonchev–Trinajstić information content (AvgIpc) is 3.25. The molecule has 0 saturated carbocycles. The highest BCUT2D eigenvalue weighted by atomic mass is 16.7. The fourth-order valence-electron chi connectivity index (χ4n) is 3.87. The Hall–Kier alpha value is -2.77. The third-order valence-electron chi connectivity index (χ3n) is 5.60. The number of ether oxygens (including phenoxy) is 4. The number of fused-ring (bicyclic) bond motifs is 1. The summed E-state index contributed by atoms with van der Waals surface area (Å²) < 4.78 is 22.0. The standard InChI is InChI=1S/C24H30N2O5/c1-17(2)29-15-20-13-19(5-7-21(20)28-3)24(27)26-10-8-25(9-11-26)14-18-4-6-22-23(12-18)31-16-30-22/h4-7,12-13,17H,8-11,14-16H2,1-3H3. The number of hydrogen-bond acceptors (Lipinski definition) is 6. The van der Waals surface area contributed by atoms with E-state index < -0.39 is 0 Å². The van der Waals surface area contributed by atoms with Gasteiger partial charge in [-0.15, -0.1) is 0 Å². The number of piperazine rings is 1. The maximum atomic E-state index is 13.1. The van der Waals surface area contributed by atoms with E-state index in [1.165, 1.54) is 5.56 Å². The lowest BCUT2D eigenvalue weighted by molar-refractivity contribution is 0.0620. The van der Waals surface area contributed by atoms with Gasteiger partial charge >= 0.3 is 0 Å². The summed E-state index contributed by atoms with van der Waals surface area (Å²) >= 11 is 0. The van der Waals surface area contributed by atoms with Crippen LogP contribution in [0, 0.1) is 0 Å². The molecule has 2 aliphatic rings. The second-order valence-corrected chi connectivity index (χ2v) is 8.14. The molecule has 7 nitrogen and oxygen atoms in total. The van der Waals surface area contributed by atoms with Gasteiger partial charge in [-0.25, -0.2) is 0 Å². The van der Waals surface area contributed by atoms with E-state index in [1.54, 1.807) is 7.11 Å². The normalized spacial score (nSPS) is 16.1. The minimum Gasteiger partial charge on any atom is -0.496 e. The van der Waals surface area contributed by atoms with Crippen molar-refractivity contribution in [2.24, 2.45) is 0 Å². The largest absolute Gasteiger partial charge is 0.496 e. The van der Waals surface area contributed by atoms with Crippen LogP contribution in [0.1, 0.15) is 35.3 Å². The van der Waals surface area contributed by atoms with Crippen molar-refractivity contribution < 1.29 is 23.7 Å². The number of benzene rings is 2. The van der Waals surface area contributed by atoms with Crippen LogP contribution in [0.2, 0.25) is 0 Å². The van der Waals surface area contributed by atoms with Gasteiger partial charge in [0.15, 0.2) is 11.5 Å². The predicted octanol–water partition coefficient (Wildman–Crippen LogP) is 3.31. The quantitative estimate of drug-likeness (QED) is 0.677. The Kier molecular flexibility index (Phi) is 6.63. The highest BCUT2D eigenvalue weighted by Gasteiger charge is 2.23. The molecule has 0 unspecified atom stereocenters. The van der Waals surface area contributed by atoms with E-state index >= 15 is 0 Å². The van der Waals surface area contributed by atoms with E-state index in [1.807, 2.05) is 49.1 Å². The summed E-state index contributed by atoms with van der Waals surface area (Å²) in [6.07, 6.45) is 0.113. The molecule has 1 fully saturated rings. The first-order valence-corrected chi connectivity index (χ1v) is 10.7. The Balaban J connectivity index is 1.35. The number of carbonyl (C=O) groups is 1. The molecule has 0 N–H and O–H groups in total. The molecule has 0 spiro atoms. The zero-order valence-electron chi connectivity index (χ0n) is 18.4. The third kappa shape index (κ3) is 5.11. The molecular formula is C24H30N2O5. The van der Waals surface area contributed by atoms with Crippen LogP contribution in [-0.2, 0) is 17.9 Å². The highest BCUT2D eigenvalue weighted by molar-refractivity contribution is 5.94. The van der Waals surface area contributed by atoms with Crippen molar-refractivity contribution in [2.45, 2.75) is 33.1 Å². The van der Waals surface area contributed by atoms with Gasteiger partial charge in [0.1, 0.15) is 5.75 Å². The van der Waals surface area contributed by atoms with Crippen LogP contribution in [0.25, 0.3) is 0 Å². The first kappa shape index (κ1) is 21.5. The Morgan fingerprint density at radius 1 is 1.03 bits per heavy atom. The van der Waals surface area contributed by atoms with Gasteiger partial charge in [0.05, 0.1) is 19.8 Å². The van der Waals surface area contributed by atoms with Crippen molar-refractivity contribution in [3.8, 4) is 17.2 Å². The minimum atomic E-state index is 0.0520. The van der Waals surface area contributed by atoms with E-state index in [2.05, 4.69) is 11.0 Å². The van der Waals surface area contributed by atoms with E-state index in [-0.39, 0.29) is 18.8 Å². The minimum absolute atomic E-state index is 0.0520. The van der Waals surface area contributed by atoms with Crippen molar-refractivity contribution in [1.82, 2.24) is 9.80 Å². The zero-order valence-corrected chi connectivity index (χ0v) is 18.4. The molecule has 0 atom stereocenters. The van der Waals surface area contributed by atoms with E-state index in [9.17, 15) is 4.79 Å². The Morgan fingerprint density at radius 3 is 2.55 bits per heavy atom. The van der Waals surface area contributed by atoms with Crippen LogP contribution in [-0.4, -0.2) is 61.9 Å². The summed E-state index contributed by atoms with van der Waals surface area (Å²) in [7, 11) is 1.63. The maximum Gasteiger partial charge on any atom is 0.253 e. The van der Waals surface area contributed by atoms with Gasteiger partial charge in [0.2, 0.25) is 6.79 Å². The predicted molar refractivity (Wildman–Crippen MR) is 117 cm³/mol. The fourth-order valence-corrected chi connectivity index (χ4v) is 3.87. The van der Waals surface area contributed by atoms with Gasteiger partial charge < -0.3 is 23.8 Å². The summed E-state index contributed by atoms with van der Waals surface area (Å²) in [6, 6.07) is 11.6. The van der Waals surface area contributed by atoms with Gasteiger partial charge in [-0.3, -0.25) is 9.69 Å². The van der Waals surface area contributed by atoms with Crippen molar-refractivity contribution in [3.63, 3.8) is 0 Å². The molecule has 2 aromatic carbocycles. The van der Waals surface area contributed by atoms with Gasteiger partial charge in [-0.05, 0) is 49.7 Å². The van der Waals surface area contributed by atoms with Crippen LogP contribution in [0.5, 0.6) is 17.2 Å². The fraction of sp³-hybridized carbons (Fsp3) is 0.458. The average molecular weight is 427 g/mol. The summed E-state index contributed by atoms with van der Waals surface area (Å²) in [5.74, 6) is 2.40. The summed E-state index contributed by atoms with van der Waals surface area (Å²) in [4.78, 5) is 17.4. The third-order valence-corrected chi connectivity index (χ3v) is 5.60. The molecule has 31 heavy (non-hydrogen) atoms. The first-order chi connectivity index (χ1) is 15.0. The molecule has 7 heteroatoms. The van der Waals surface area contributed by atoms with Gasteiger partial charge in [-0.1, -0.05) is 6.07 Å². The van der Waals surface area contributed by atoms with Crippen molar-refractivity contribution in [1.29, 1.82) is 0 Å². The Morgan fingerprint density at radius 2 is 1.81 bits per heavy atom. The number of rotatable bonds is 7. The molecule has 0 aromatic heterocycles. The number of methoxy groups -OCH3 is 1. The molecule has 4 rings (SSSR count). The van der Waals surface area contributed by atoms with Crippen molar-refractivity contribution in [2.75, 3.05) is 40.1 Å². The smallest absolute Gasteiger partial charge is 0.253 e. The van der Waals surface area contributed by atoms with Crippen molar-refractivity contribution in [3.05, 3.63) is 53.1 Å². The summed E-state index contributed by atoms with van der Waals surface area (Å²) in [6.45, 7) is 8.59. The van der Waals surface area contributed by atoms with Gasteiger partial charge in [0, 0.05) is 43.9 Å². The van der Waals surface area contributed by atoms with Crippen LogP contribution in [0.15, 0.2) is 36.4 Å². The van der Waals surface area contributed by atoms with Crippen LogP contribution >= 0.6 is 0 Å². The monoisotopic (exact) mass is 426 g/mol. The number of hydrogen-bond donors (Lipinski definition) is 0. The Bertz CT molecular complexity index is 922. The second kappa shape index (κ2) is 9.58.